The molecule has 0 aliphatic carbocycles. The van der Waals surface area contributed by atoms with Gasteiger partial charge in [-0.05, 0) is 19.4 Å². The van der Waals surface area contributed by atoms with Crippen LogP contribution >= 0.6 is 0 Å². The first kappa shape index (κ1) is 10.9. The first-order valence-electron chi connectivity index (χ1n) is 5.39. The summed E-state index contributed by atoms with van der Waals surface area (Å²) in [6.45, 7) is 12.5. The molecular formula is C13H19N3. The van der Waals surface area contributed by atoms with Crippen molar-refractivity contribution in [3.63, 3.8) is 0 Å². The minimum absolute atomic E-state index is 0.964. The third-order valence-corrected chi connectivity index (χ3v) is 3.75. The smallest absolute Gasteiger partial charge is 0.105 e. The highest BCUT2D eigenvalue weighted by Crippen LogP contribution is 2.41. The molecule has 0 saturated heterocycles. The Hall–Kier alpha value is -1.64. The second-order valence-electron chi connectivity index (χ2n) is 4.45. The number of hydrogen-bond donors (Lipinski definition) is 0. The molecule has 1 aromatic heterocycles. The van der Waals surface area contributed by atoms with E-state index in [2.05, 4.69) is 50.6 Å². The lowest BCUT2D eigenvalue weighted by Crippen LogP contribution is -2.34. The van der Waals surface area contributed by atoms with E-state index in [0.717, 1.165) is 11.5 Å². The molecule has 0 aromatic carbocycles. The lowest BCUT2D eigenvalue weighted by Gasteiger charge is -2.37. The van der Waals surface area contributed by atoms with Gasteiger partial charge in [-0.3, -0.25) is 0 Å². The number of fused-ring (bicyclic) bond motifs is 1. The average Bonchev–Trinajstić information content (AvgIpc) is 2.48. The molecule has 16 heavy (non-hydrogen) atoms. The molecule has 0 N–H and O–H groups in total. The fourth-order valence-electron chi connectivity index (χ4n) is 2.34. The van der Waals surface area contributed by atoms with Crippen LogP contribution in [0.1, 0.15) is 17.0 Å². The van der Waals surface area contributed by atoms with Crippen LogP contribution in [0.4, 0.5) is 5.69 Å². The predicted molar refractivity (Wildman–Crippen MR) is 69.2 cm³/mol. The summed E-state index contributed by atoms with van der Waals surface area (Å²) >= 11 is 0. The van der Waals surface area contributed by atoms with Gasteiger partial charge in [0.1, 0.15) is 5.82 Å². The minimum Gasteiger partial charge on any atom is -0.345 e. The Kier molecular flexibility index (Phi) is 2.15. The first-order chi connectivity index (χ1) is 7.37. The second kappa shape index (κ2) is 3.17. The van der Waals surface area contributed by atoms with Gasteiger partial charge in [-0.15, -0.1) is 0 Å². The molecule has 0 saturated carbocycles. The Morgan fingerprint density at radius 3 is 2.06 bits per heavy atom. The lowest BCUT2D eigenvalue weighted by molar-refractivity contribution is 0.558. The highest BCUT2D eigenvalue weighted by Gasteiger charge is 2.29. The van der Waals surface area contributed by atoms with Crippen molar-refractivity contribution in [3.8, 4) is 0 Å². The van der Waals surface area contributed by atoms with Crippen LogP contribution < -0.4 is 4.90 Å². The van der Waals surface area contributed by atoms with Crippen LogP contribution in [-0.2, 0) is 7.05 Å². The summed E-state index contributed by atoms with van der Waals surface area (Å²) in [6.07, 6.45) is 0. The number of hydrogen-bond acceptors (Lipinski definition) is 2. The Labute approximate surface area is 97.3 Å². The van der Waals surface area contributed by atoms with Gasteiger partial charge in [0.2, 0.25) is 0 Å². The molecule has 3 nitrogen and oxygen atoms in total. The molecule has 0 unspecified atom stereocenters. The van der Waals surface area contributed by atoms with E-state index in [4.69, 9.17) is 0 Å². The topological polar surface area (TPSA) is 11.4 Å². The molecule has 0 atom stereocenters. The van der Waals surface area contributed by atoms with Gasteiger partial charge in [0.15, 0.2) is 0 Å². The molecule has 86 valence electrons. The number of rotatable bonds is 0. The minimum atomic E-state index is 0.964. The molecule has 0 fully saturated rings. The molecule has 0 bridgehead atoms. The summed E-state index contributed by atoms with van der Waals surface area (Å²) in [4.78, 5) is 4.16. The Bertz CT molecular complexity index is 494. The van der Waals surface area contributed by atoms with Crippen molar-refractivity contribution in [2.24, 2.45) is 7.05 Å². The van der Waals surface area contributed by atoms with Crippen LogP contribution in [-0.4, -0.2) is 23.6 Å². The van der Waals surface area contributed by atoms with Crippen molar-refractivity contribution < 1.29 is 0 Å². The fraction of sp³-hybridized carbons (Fsp3) is 0.385. The lowest BCUT2D eigenvalue weighted by atomic mass is 10.1. The van der Waals surface area contributed by atoms with Crippen LogP contribution in [0.3, 0.4) is 0 Å². The normalized spacial score (nSPS) is 15.8. The zero-order valence-corrected chi connectivity index (χ0v) is 10.8. The number of nitrogens with zero attached hydrogens (tertiary/aromatic N) is 3. The third-order valence-electron chi connectivity index (χ3n) is 3.75. The Balaban J connectivity index is 2.78. The predicted octanol–water partition coefficient (Wildman–Crippen LogP) is 2.47. The first-order valence-corrected chi connectivity index (χ1v) is 5.39. The van der Waals surface area contributed by atoms with E-state index < -0.39 is 0 Å². The monoisotopic (exact) mass is 217 g/mol. The molecule has 2 rings (SSSR count). The maximum Gasteiger partial charge on any atom is 0.105 e. The van der Waals surface area contributed by atoms with E-state index in [1.54, 1.807) is 0 Å². The van der Waals surface area contributed by atoms with Crippen LogP contribution in [0.15, 0.2) is 19.0 Å². The molecule has 0 radical (unpaired) electrons. The molecule has 1 aliphatic heterocycles. The highest BCUT2D eigenvalue weighted by molar-refractivity contribution is 5.82. The van der Waals surface area contributed by atoms with Gasteiger partial charge in [0.05, 0.1) is 17.1 Å². The Morgan fingerprint density at radius 2 is 1.50 bits per heavy atom. The van der Waals surface area contributed by atoms with Crippen molar-refractivity contribution in [3.05, 3.63) is 35.9 Å². The van der Waals surface area contributed by atoms with Crippen LogP contribution in [0.25, 0.3) is 5.70 Å². The van der Waals surface area contributed by atoms with Crippen LogP contribution in [0.2, 0.25) is 0 Å². The largest absolute Gasteiger partial charge is 0.345 e. The maximum atomic E-state index is 4.15. The quantitative estimate of drug-likeness (QED) is 0.661. The zero-order valence-electron chi connectivity index (χ0n) is 10.8. The van der Waals surface area contributed by atoms with E-state index in [-0.39, 0.29) is 0 Å². The summed E-state index contributed by atoms with van der Waals surface area (Å²) in [5.41, 5.74) is 6.01. The van der Waals surface area contributed by atoms with Crippen LogP contribution in [0.5, 0.6) is 0 Å². The molecule has 3 heteroatoms. The van der Waals surface area contributed by atoms with Crippen LogP contribution in [0, 0.1) is 13.8 Å². The summed E-state index contributed by atoms with van der Waals surface area (Å²) in [5.74, 6) is 0.964. The molecule has 2 heterocycles. The van der Waals surface area contributed by atoms with Crippen molar-refractivity contribution in [1.29, 1.82) is 0 Å². The van der Waals surface area contributed by atoms with E-state index in [1.165, 1.54) is 22.6 Å². The molecule has 1 aromatic rings. The van der Waals surface area contributed by atoms with Gasteiger partial charge < -0.3 is 14.4 Å². The standard InChI is InChI=1S/C13H19N3/c1-8-9(2)15(6)13-10(3)14(5)11(4)16(7)12(8)13/h3-4H2,1-2,5-7H3. The van der Waals surface area contributed by atoms with Crippen molar-refractivity contribution >= 4 is 11.4 Å². The van der Waals surface area contributed by atoms with Crippen molar-refractivity contribution in [1.82, 2.24) is 9.47 Å². The highest BCUT2D eigenvalue weighted by atomic mass is 15.4. The van der Waals surface area contributed by atoms with Gasteiger partial charge >= 0.3 is 0 Å². The van der Waals surface area contributed by atoms with E-state index in [9.17, 15) is 0 Å². The Morgan fingerprint density at radius 1 is 0.938 bits per heavy atom. The zero-order chi connectivity index (χ0) is 12.2. The third kappa shape index (κ3) is 1.08. The number of anilines is 1. The SMILES string of the molecule is C=C1c2c(c(C)c(C)n2C)N(C)C(=C)N1C. The van der Waals surface area contributed by atoms with Gasteiger partial charge in [-0.25, -0.2) is 0 Å². The van der Waals surface area contributed by atoms with Crippen molar-refractivity contribution in [2.45, 2.75) is 13.8 Å². The van der Waals surface area contributed by atoms with Crippen molar-refractivity contribution in [2.75, 3.05) is 19.0 Å². The average molecular weight is 217 g/mol. The van der Waals surface area contributed by atoms with Gasteiger partial charge in [0, 0.05) is 26.8 Å². The summed E-state index contributed by atoms with van der Waals surface area (Å²) in [7, 11) is 6.14. The van der Waals surface area contributed by atoms with E-state index >= 15 is 0 Å². The summed E-state index contributed by atoms with van der Waals surface area (Å²) in [5, 5.41) is 0. The molecule has 0 spiro atoms. The molecule has 1 aliphatic rings. The van der Waals surface area contributed by atoms with Gasteiger partial charge in [-0.1, -0.05) is 13.2 Å². The second-order valence-corrected chi connectivity index (χ2v) is 4.45. The number of aromatic nitrogens is 1. The van der Waals surface area contributed by atoms with E-state index in [0.29, 0.717) is 0 Å². The van der Waals surface area contributed by atoms with Gasteiger partial charge in [-0.2, -0.15) is 0 Å². The molecular weight excluding hydrogens is 198 g/mol. The fourth-order valence-corrected chi connectivity index (χ4v) is 2.34. The van der Waals surface area contributed by atoms with E-state index in [1.807, 2.05) is 11.9 Å². The van der Waals surface area contributed by atoms with Gasteiger partial charge in [0.25, 0.3) is 0 Å². The maximum absolute atomic E-state index is 4.15. The summed E-state index contributed by atoms with van der Waals surface area (Å²) in [6, 6.07) is 0. The summed E-state index contributed by atoms with van der Waals surface area (Å²) < 4.78 is 2.20. The molecule has 0 amide bonds.